The number of hydrogen-bond donors (Lipinski definition) is 4. The summed E-state index contributed by atoms with van der Waals surface area (Å²) >= 11 is 0. The number of fused-ring (bicyclic) bond motifs is 1. The molecule has 4 aromatic rings. The van der Waals surface area contributed by atoms with Gasteiger partial charge < -0.3 is 25.3 Å². The Morgan fingerprint density at radius 1 is 0.814 bits per heavy atom. The molecular formula is C26H23F6N3O7S. The van der Waals surface area contributed by atoms with Gasteiger partial charge in [-0.15, -0.1) is 0 Å². The predicted octanol–water partition coefficient (Wildman–Crippen LogP) is 5.32. The maximum Gasteiger partial charge on any atom is 0.490 e. The first-order valence-electron chi connectivity index (χ1n) is 11.7. The van der Waals surface area contributed by atoms with Crippen LogP contribution in [0.25, 0.3) is 11.0 Å². The van der Waals surface area contributed by atoms with Crippen molar-refractivity contribution in [1.29, 1.82) is 0 Å². The SMILES string of the molecule is CS(=O)(=O)c1ccc(CNCc2ccc(Oc3ccc4[nH]cnc4c3)cc2)cc1.O=C(O)C(F)(F)F.O=C(O)C(F)(F)F. The molecule has 0 saturated heterocycles. The summed E-state index contributed by atoms with van der Waals surface area (Å²) in [4.78, 5) is 25.4. The number of ether oxygens (including phenoxy) is 1. The van der Waals surface area contributed by atoms with Gasteiger partial charge in [-0.2, -0.15) is 26.3 Å². The highest BCUT2D eigenvalue weighted by Gasteiger charge is 2.38. The van der Waals surface area contributed by atoms with Crippen LogP contribution in [0.2, 0.25) is 0 Å². The lowest BCUT2D eigenvalue weighted by Crippen LogP contribution is -2.21. The highest BCUT2D eigenvalue weighted by Crippen LogP contribution is 2.24. The normalized spacial score (nSPS) is 11.5. The molecule has 0 spiro atoms. The van der Waals surface area contributed by atoms with Gasteiger partial charge in [0.15, 0.2) is 9.84 Å². The lowest BCUT2D eigenvalue weighted by Gasteiger charge is -2.08. The third-order valence-corrected chi connectivity index (χ3v) is 6.18. The largest absolute Gasteiger partial charge is 0.490 e. The minimum Gasteiger partial charge on any atom is -0.475 e. The first-order chi connectivity index (χ1) is 19.9. The van der Waals surface area contributed by atoms with Crippen LogP contribution in [-0.4, -0.2) is 59.1 Å². The number of alkyl halides is 6. The van der Waals surface area contributed by atoms with Gasteiger partial charge in [0.1, 0.15) is 11.5 Å². The molecule has 0 unspecified atom stereocenters. The monoisotopic (exact) mass is 635 g/mol. The van der Waals surface area contributed by atoms with Crippen molar-refractivity contribution in [3.63, 3.8) is 0 Å². The van der Waals surface area contributed by atoms with Gasteiger partial charge in [-0.1, -0.05) is 24.3 Å². The molecule has 0 bridgehead atoms. The molecule has 0 fully saturated rings. The molecule has 1 heterocycles. The molecule has 4 N–H and O–H groups in total. The second-order valence-electron chi connectivity index (χ2n) is 8.45. The van der Waals surface area contributed by atoms with Crippen molar-refractivity contribution in [1.82, 2.24) is 15.3 Å². The average Bonchev–Trinajstić information content (AvgIpc) is 3.37. The molecule has 10 nitrogen and oxygen atoms in total. The molecule has 232 valence electrons. The van der Waals surface area contributed by atoms with Gasteiger partial charge in [0.25, 0.3) is 0 Å². The van der Waals surface area contributed by atoms with Crippen LogP contribution in [0.4, 0.5) is 26.3 Å². The van der Waals surface area contributed by atoms with Gasteiger partial charge >= 0.3 is 24.3 Å². The van der Waals surface area contributed by atoms with E-state index in [4.69, 9.17) is 24.5 Å². The van der Waals surface area contributed by atoms with Crippen LogP contribution in [0.15, 0.2) is 78.0 Å². The van der Waals surface area contributed by atoms with Crippen LogP contribution in [0, 0.1) is 0 Å². The number of benzene rings is 3. The molecular weight excluding hydrogens is 612 g/mol. The van der Waals surface area contributed by atoms with Crippen molar-refractivity contribution in [3.8, 4) is 11.5 Å². The van der Waals surface area contributed by atoms with E-state index in [9.17, 15) is 34.8 Å². The van der Waals surface area contributed by atoms with E-state index >= 15 is 0 Å². The van der Waals surface area contributed by atoms with Crippen LogP contribution in [0.3, 0.4) is 0 Å². The number of halogens is 6. The number of nitrogens with one attached hydrogen (secondary N) is 2. The average molecular weight is 636 g/mol. The van der Waals surface area contributed by atoms with Gasteiger partial charge in [-0.3, -0.25) is 0 Å². The van der Waals surface area contributed by atoms with Gasteiger partial charge in [0.05, 0.1) is 22.3 Å². The van der Waals surface area contributed by atoms with Gasteiger partial charge in [-0.25, -0.2) is 23.0 Å². The summed E-state index contributed by atoms with van der Waals surface area (Å²) in [5.74, 6) is -4.01. The number of H-pyrrole nitrogens is 1. The highest BCUT2D eigenvalue weighted by atomic mass is 32.2. The fourth-order valence-corrected chi connectivity index (χ4v) is 3.62. The van der Waals surface area contributed by atoms with Crippen molar-refractivity contribution >= 4 is 32.8 Å². The number of nitrogens with zero attached hydrogens (tertiary/aromatic N) is 1. The topological polar surface area (TPSA) is 159 Å². The Bertz CT molecular complexity index is 1600. The lowest BCUT2D eigenvalue weighted by molar-refractivity contribution is -0.193. The smallest absolute Gasteiger partial charge is 0.475 e. The van der Waals surface area contributed by atoms with E-state index in [2.05, 4.69) is 15.3 Å². The Kier molecular flexibility index (Phi) is 11.7. The molecule has 3 aromatic carbocycles. The lowest BCUT2D eigenvalue weighted by atomic mass is 10.2. The number of carboxylic acid groups (broad SMARTS) is 2. The molecule has 0 aliphatic heterocycles. The Balaban J connectivity index is 0.000000384. The number of imidazole rings is 1. The summed E-state index contributed by atoms with van der Waals surface area (Å²) in [6, 6.07) is 20.6. The number of hydrogen-bond acceptors (Lipinski definition) is 7. The third-order valence-electron chi connectivity index (χ3n) is 5.05. The van der Waals surface area contributed by atoms with Crippen molar-refractivity contribution in [2.45, 2.75) is 30.3 Å². The summed E-state index contributed by atoms with van der Waals surface area (Å²) in [6.07, 6.45) is -7.29. The number of aliphatic carboxylic acids is 2. The minimum absolute atomic E-state index is 0.336. The Hall–Kier alpha value is -4.64. The molecule has 4 rings (SSSR count). The molecule has 0 atom stereocenters. The van der Waals surface area contributed by atoms with Crippen molar-refractivity contribution in [2.75, 3.05) is 6.26 Å². The van der Waals surface area contributed by atoms with E-state index in [1.165, 1.54) is 6.26 Å². The molecule has 0 aliphatic carbocycles. The van der Waals surface area contributed by atoms with E-state index in [1.807, 2.05) is 54.6 Å². The maximum atomic E-state index is 11.5. The number of aromatic amines is 1. The van der Waals surface area contributed by atoms with E-state index in [1.54, 1.807) is 18.5 Å². The number of sulfone groups is 1. The van der Waals surface area contributed by atoms with Crippen molar-refractivity contribution < 1.29 is 59.3 Å². The van der Waals surface area contributed by atoms with E-state index in [-0.39, 0.29) is 0 Å². The number of rotatable bonds is 7. The fourth-order valence-electron chi connectivity index (χ4n) is 2.99. The summed E-state index contributed by atoms with van der Waals surface area (Å²) < 4.78 is 92.4. The van der Waals surface area contributed by atoms with Crippen LogP contribution < -0.4 is 10.1 Å². The predicted molar refractivity (Wildman–Crippen MR) is 140 cm³/mol. The van der Waals surface area contributed by atoms with Crippen LogP contribution in [0.5, 0.6) is 11.5 Å². The molecule has 0 radical (unpaired) electrons. The van der Waals surface area contributed by atoms with Crippen molar-refractivity contribution in [3.05, 3.63) is 84.2 Å². The Labute approximate surface area is 239 Å². The zero-order chi connectivity index (χ0) is 32.4. The van der Waals surface area contributed by atoms with Crippen LogP contribution in [-0.2, 0) is 32.5 Å². The molecule has 17 heteroatoms. The van der Waals surface area contributed by atoms with Crippen molar-refractivity contribution in [2.24, 2.45) is 0 Å². The van der Waals surface area contributed by atoms with Gasteiger partial charge in [-0.05, 0) is 47.5 Å². The van der Waals surface area contributed by atoms with Crippen LogP contribution >= 0.6 is 0 Å². The van der Waals surface area contributed by atoms with Gasteiger partial charge in [0.2, 0.25) is 0 Å². The Morgan fingerprint density at radius 2 is 1.26 bits per heavy atom. The first-order valence-corrected chi connectivity index (χ1v) is 13.6. The Morgan fingerprint density at radius 3 is 1.70 bits per heavy atom. The summed E-state index contributed by atoms with van der Waals surface area (Å²) in [7, 11) is -3.16. The minimum atomic E-state index is -5.08. The van der Waals surface area contributed by atoms with Gasteiger partial charge in [0, 0.05) is 25.4 Å². The fraction of sp³-hybridized carbons (Fsp3) is 0.192. The summed E-state index contributed by atoms with van der Waals surface area (Å²) in [5, 5.41) is 17.6. The number of carboxylic acids is 2. The van der Waals surface area contributed by atoms with Crippen LogP contribution in [0.1, 0.15) is 11.1 Å². The molecule has 0 saturated carbocycles. The second kappa shape index (κ2) is 14.5. The molecule has 0 aliphatic rings. The highest BCUT2D eigenvalue weighted by molar-refractivity contribution is 7.90. The summed E-state index contributed by atoms with van der Waals surface area (Å²) in [5.41, 5.74) is 4.01. The van der Waals surface area contributed by atoms with E-state index < -0.39 is 34.1 Å². The second-order valence-corrected chi connectivity index (χ2v) is 10.5. The zero-order valence-corrected chi connectivity index (χ0v) is 22.7. The third kappa shape index (κ3) is 12.0. The molecule has 0 amide bonds. The summed E-state index contributed by atoms with van der Waals surface area (Å²) in [6.45, 7) is 1.36. The molecule has 43 heavy (non-hydrogen) atoms. The van der Waals surface area contributed by atoms with E-state index in [0.29, 0.717) is 18.0 Å². The number of carbonyl (C=O) groups is 2. The standard InChI is InChI=1S/C22H21N3O3S.2C2HF3O2/c1-29(26,27)20-9-4-17(5-10-20)14-23-13-16-2-6-18(7-3-16)28-19-8-11-21-22(12-19)25-15-24-21;2*3-2(4,5)1(6)7/h2-12,15,23H,13-14H2,1H3,(H,24,25);2*(H,6,7). The maximum absolute atomic E-state index is 11.5. The van der Waals surface area contributed by atoms with E-state index in [0.717, 1.165) is 33.7 Å². The quantitative estimate of drug-likeness (QED) is 0.197. The zero-order valence-electron chi connectivity index (χ0n) is 21.9. The number of aromatic nitrogens is 2. The molecule has 1 aromatic heterocycles. The first kappa shape index (κ1) is 34.6.